The van der Waals surface area contributed by atoms with Crippen LogP contribution in [0.15, 0.2) is 42.1 Å². The summed E-state index contributed by atoms with van der Waals surface area (Å²) in [6, 6.07) is 8.10. The van der Waals surface area contributed by atoms with Crippen LogP contribution in [0, 0.1) is 13.8 Å². The number of nitrogens with zero attached hydrogens (tertiary/aromatic N) is 4. The molecule has 0 spiro atoms. The van der Waals surface area contributed by atoms with Gasteiger partial charge in [0, 0.05) is 24.8 Å². The van der Waals surface area contributed by atoms with E-state index in [1.54, 1.807) is 42.8 Å². The molecule has 1 atom stereocenters. The van der Waals surface area contributed by atoms with E-state index in [4.69, 9.17) is 9.47 Å². The van der Waals surface area contributed by atoms with E-state index in [2.05, 4.69) is 4.98 Å². The van der Waals surface area contributed by atoms with Gasteiger partial charge in [-0.05, 0) is 57.8 Å². The molecule has 2 aromatic heterocycles. The van der Waals surface area contributed by atoms with Crippen LogP contribution in [0.5, 0.6) is 11.5 Å². The third-order valence-corrected chi connectivity index (χ3v) is 6.30. The number of hydrogen-bond acceptors (Lipinski definition) is 7. The molecule has 0 aliphatic carbocycles. The van der Waals surface area contributed by atoms with E-state index >= 15 is 0 Å². The number of aryl methyl sites for hydroxylation is 2. The molecule has 9 heteroatoms. The van der Waals surface area contributed by atoms with E-state index in [1.807, 2.05) is 38.1 Å². The number of fused-ring (bicyclic) bond motifs is 1. The number of pyridine rings is 1. The second-order valence-electron chi connectivity index (χ2n) is 8.83. The standard InChI is InChI=1S/C26H30N4O5/c1-15-8-7-11-29-21(16(2)27-25(15)29)23(31)20-22(18-14-17(34-5)9-10-19(18)35-6)30(13-12-28(3)4)26(33)24(20)32/h7-11,14,22,31H,12-13H2,1-6H3/b23-20+/t22-/m0/s1. The van der Waals surface area contributed by atoms with E-state index in [1.165, 1.54) is 12.0 Å². The van der Waals surface area contributed by atoms with Gasteiger partial charge in [-0.3, -0.25) is 14.0 Å². The van der Waals surface area contributed by atoms with Crippen LogP contribution < -0.4 is 9.47 Å². The van der Waals surface area contributed by atoms with E-state index in [0.29, 0.717) is 40.6 Å². The van der Waals surface area contributed by atoms with Crippen LogP contribution >= 0.6 is 0 Å². The molecule has 4 rings (SSSR count). The highest BCUT2D eigenvalue weighted by Crippen LogP contribution is 2.44. The van der Waals surface area contributed by atoms with Gasteiger partial charge >= 0.3 is 0 Å². The Bertz CT molecular complexity index is 1340. The van der Waals surface area contributed by atoms with Crippen molar-refractivity contribution in [3.05, 3.63) is 64.6 Å². The molecule has 1 fully saturated rings. The number of likely N-dealkylation sites (tertiary alicyclic amines) is 1. The number of aliphatic hydroxyl groups is 1. The average Bonchev–Trinajstić information content (AvgIpc) is 3.31. The lowest BCUT2D eigenvalue weighted by molar-refractivity contribution is -0.140. The van der Waals surface area contributed by atoms with Crippen molar-refractivity contribution < 1.29 is 24.2 Å². The summed E-state index contributed by atoms with van der Waals surface area (Å²) in [7, 11) is 6.84. The van der Waals surface area contributed by atoms with Crippen molar-refractivity contribution in [2.75, 3.05) is 41.4 Å². The Balaban J connectivity index is 2.00. The van der Waals surface area contributed by atoms with Crippen LogP contribution in [0.4, 0.5) is 0 Å². The van der Waals surface area contributed by atoms with Crippen molar-refractivity contribution in [2.45, 2.75) is 19.9 Å². The van der Waals surface area contributed by atoms with Gasteiger partial charge < -0.3 is 24.4 Å². The number of carbonyl (C=O) groups is 2. The molecule has 1 aromatic carbocycles. The number of aromatic nitrogens is 2. The second-order valence-corrected chi connectivity index (χ2v) is 8.83. The van der Waals surface area contributed by atoms with Crippen LogP contribution in [0.25, 0.3) is 11.4 Å². The summed E-state index contributed by atoms with van der Waals surface area (Å²) in [5.74, 6) is -0.685. The van der Waals surface area contributed by atoms with Crippen LogP contribution in [0.1, 0.15) is 28.6 Å². The van der Waals surface area contributed by atoms with Gasteiger partial charge in [0.25, 0.3) is 11.7 Å². The predicted octanol–water partition coefficient (Wildman–Crippen LogP) is 2.95. The molecule has 184 valence electrons. The van der Waals surface area contributed by atoms with Crippen molar-refractivity contribution in [3.8, 4) is 11.5 Å². The summed E-state index contributed by atoms with van der Waals surface area (Å²) in [5.41, 5.74) is 3.06. The molecule has 1 N–H and O–H groups in total. The molecule has 1 aliphatic heterocycles. The molecule has 3 heterocycles. The highest BCUT2D eigenvalue weighted by molar-refractivity contribution is 6.46. The fourth-order valence-electron chi connectivity index (χ4n) is 4.52. The van der Waals surface area contributed by atoms with Gasteiger partial charge in [-0.25, -0.2) is 4.98 Å². The average molecular weight is 479 g/mol. The van der Waals surface area contributed by atoms with Crippen LogP contribution in [-0.4, -0.2) is 77.4 Å². The first-order valence-corrected chi connectivity index (χ1v) is 11.3. The molecule has 3 aromatic rings. The monoisotopic (exact) mass is 478 g/mol. The lowest BCUT2D eigenvalue weighted by Gasteiger charge is -2.28. The number of carbonyl (C=O) groups excluding carboxylic acids is 2. The Kier molecular flexibility index (Phi) is 6.53. The first-order valence-electron chi connectivity index (χ1n) is 11.3. The maximum Gasteiger partial charge on any atom is 0.295 e. The number of ether oxygens (including phenoxy) is 2. The SMILES string of the molecule is COc1ccc(OC)c([C@H]2/C(=C(\O)c3c(C)nc4c(C)cccn34)C(=O)C(=O)N2CCN(C)C)c1. The van der Waals surface area contributed by atoms with Gasteiger partial charge in [-0.1, -0.05) is 6.07 Å². The smallest absolute Gasteiger partial charge is 0.295 e. The number of likely N-dealkylation sites (N-methyl/N-ethyl adjacent to an activating group) is 1. The van der Waals surface area contributed by atoms with Crippen molar-refractivity contribution in [1.82, 2.24) is 19.2 Å². The van der Waals surface area contributed by atoms with Gasteiger partial charge in [-0.2, -0.15) is 0 Å². The zero-order valence-corrected chi connectivity index (χ0v) is 20.8. The number of ketones is 1. The molecule has 35 heavy (non-hydrogen) atoms. The van der Waals surface area contributed by atoms with E-state index in [0.717, 1.165) is 5.56 Å². The third-order valence-electron chi connectivity index (χ3n) is 6.30. The summed E-state index contributed by atoms with van der Waals surface area (Å²) in [6.07, 6.45) is 1.78. The molecule has 0 bridgehead atoms. The molecular formula is C26H30N4O5. The summed E-state index contributed by atoms with van der Waals surface area (Å²) < 4.78 is 12.8. The normalized spacial score (nSPS) is 17.6. The van der Waals surface area contributed by atoms with Gasteiger partial charge in [-0.15, -0.1) is 0 Å². The molecule has 9 nitrogen and oxygen atoms in total. The Morgan fingerprint density at radius 2 is 1.89 bits per heavy atom. The number of amides is 1. The van der Waals surface area contributed by atoms with Crippen LogP contribution in [0.2, 0.25) is 0 Å². The molecule has 0 saturated carbocycles. The van der Waals surface area contributed by atoms with Gasteiger partial charge in [0.15, 0.2) is 5.76 Å². The fraction of sp³-hybridized carbons (Fsp3) is 0.346. The Morgan fingerprint density at radius 3 is 2.54 bits per heavy atom. The first-order chi connectivity index (χ1) is 16.7. The maximum absolute atomic E-state index is 13.4. The maximum atomic E-state index is 13.4. The molecule has 1 amide bonds. The van der Waals surface area contributed by atoms with Gasteiger partial charge in [0.1, 0.15) is 22.8 Å². The van der Waals surface area contributed by atoms with Crippen LogP contribution in [0.3, 0.4) is 0 Å². The highest BCUT2D eigenvalue weighted by atomic mass is 16.5. The van der Waals surface area contributed by atoms with Crippen molar-refractivity contribution in [1.29, 1.82) is 0 Å². The van der Waals surface area contributed by atoms with Gasteiger partial charge in [0.05, 0.1) is 31.5 Å². The summed E-state index contributed by atoms with van der Waals surface area (Å²) in [4.78, 5) is 34.7. The predicted molar refractivity (Wildman–Crippen MR) is 132 cm³/mol. The Hall–Kier alpha value is -3.85. The number of rotatable bonds is 7. The topological polar surface area (TPSA) is 96.6 Å². The number of Topliss-reactive ketones (excluding diaryl/α,β-unsaturated/α-hetero) is 1. The van der Waals surface area contributed by atoms with E-state index in [-0.39, 0.29) is 17.9 Å². The van der Waals surface area contributed by atoms with Crippen LogP contribution in [-0.2, 0) is 9.59 Å². The van der Waals surface area contributed by atoms with Gasteiger partial charge in [0.2, 0.25) is 0 Å². The Morgan fingerprint density at radius 1 is 1.14 bits per heavy atom. The minimum absolute atomic E-state index is 0.00767. The second kappa shape index (κ2) is 9.42. The number of hydrogen-bond donors (Lipinski definition) is 1. The number of benzene rings is 1. The Labute approximate surface area is 204 Å². The zero-order chi connectivity index (χ0) is 25.4. The first kappa shape index (κ1) is 24.3. The fourth-order valence-corrected chi connectivity index (χ4v) is 4.52. The summed E-state index contributed by atoms with van der Waals surface area (Å²) in [6.45, 7) is 4.51. The quantitative estimate of drug-likeness (QED) is 0.317. The minimum atomic E-state index is -0.866. The van der Waals surface area contributed by atoms with E-state index in [9.17, 15) is 14.7 Å². The van der Waals surface area contributed by atoms with E-state index < -0.39 is 17.7 Å². The molecular weight excluding hydrogens is 448 g/mol. The van der Waals surface area contributed by atoms with Crippen molar-refractivity contribution in [3.63, 3.8) is 0 Å². The molecule has 0 radical (unpaired) electrons. The number of aliphatic hydroxyl groups excluding tert-OH is 1. The highest BCUT2D eigenvalue weighted by Gasteiger charge is 2.47. The minimum Gasteiger partial charge on any atom is -0.505 e. The van der Waals surface area contributed by atoms with Crippen molar-refractivity contribution >= 4 is 23.1 Å². The summed E-state index contributed by atoms with van der Waals surface area (Å²) >= 11 is 0. The molecule has 1 aliphatic rings. The lowest BCUT2D eigenvalue weighted by Crippen LogP contribution is -2.35. The number of methoxy groups -OCH3 is 2. The molecule has 0 unspecified atom stereocenters. The third kappa shape index (κ3) is 4.12. The largest absolute Gasteiger partial charge is 0.505 e. The molecule has 1 saturated heterocycles. The van der Waals surface area contributed by atoms with Crippen molar-refractivity contribution in [2.24, 2.45) is 0 Å². The zero-order valence-electron chi connectivity index (χ0n) is 20.8. The number of imidazole rings is 1. The lowest BCUT2D eigenvalue weighted by atomic mass is 9.95. The summed E-state index contributed by atoms with van der Waals surface area (Å²) in [5, 5.41) is 11.6.